The molecule has 6 nitrogen and oxygen atoms in total. The maximum Gasteiger partial charge on any atom is 0.410 e. The van der Waals surface area contributed by atoms with Gasteiger partial charge in [-0.3, -0.25) is 4.90 Å². The minimum absolute atomic E-state index is 0.300. The third-order valence-corrected chi connectivity index (χ3v) is 3.18. The number of pyridine rings is 1. The molecule has 3 rings (SSSR count). The largest absolute Gasteiger partial charge is 0.444 e. The predicted molar refractivity (Wildman–Crippen MR) is 76.8 cm³/mol. The van der Waals surface area contributed by atoms with E-state index in [9.17, 15) is 4.79 Å². The van der Waals surface area contributed by atoms with Gasteiger partial charge in [0.25, 0.3) is 0 Å². The summed E-state index contributed by atoms with van der Waals surface area (Å²) < 4.78 is 7.19. The van der Waals surface area contributed by atoms with Crippen molar-refractivity contribution < 1.29 is 9.53 Å². The molecule has 1 aliphatic heterocycles. The van der Waals surface area contributed by atoms with Gasteiger partial charge in [0.15, 0.2) is 5.82 Å². The van der Waals surface area contributed by atoms with Crippen LogP contribution in [0, 0.1) is 0 Å². The average Bonchev–Trinajstić information content (AvgIpc) is 2.97. The Morgan fingerprint density at radius 1 is 1.29 bits per heavy atom. The average molecular weight is 286 g/mol. The van der Waals surface area contributed by atoms with E-state index in [1.54, 1.807) is 22.0 Å². The number of carbonyl (C=O) groups is 1. The third-order valence-electron chi connectivity index (χ3n) is 3.18. The van der Waals surface area contributed by atoms with Gasteiger partial charge in [0.05, 0.1) is 25.0 Å². The van der Waals surface area contributed by atoms with Gasteiger partial charge >= 0.3 is 6.09 Å². The second kappa shape index (κ2) is 4.87. The number of nitrogens with zero attached hydrogens (tertiary/aromatic N) is 4. The number of amides is 1. The molecule has 21 heavy (non-hydrogen) atoms. The molecule has 0 atom stereocenters. The van der Waals surface area contributed by atoms with Crippen LogP contribution in [0.5, 0.6) is 0 Å². The second-order valence-corrected chi connectivity index (χ2v) is 6.05. The Morgan fingerprint density at radius 2 is 2.10 bits per heavy atom. The van der Waals surface area contributed by atoms with Crippen molar-refractivity contribution in [3.63, 3.8) is 0 Å². The molecule has 0 spiro atoms. The normalized spacial score (nSPS) is 14.1. The van der Waals surface area contributed by atoms with Crippen molar-refractivity contribution in [3.05, 3.63) is 41.9 Å². The molecule has 3 heterocycles. The van der Waals surface area contributed by atoms with Gasteiger partial charge < -0.3 is 4.74 Å². The van der Waals surface area contributed by atoms with Gasteiger partial charge in [-0.05, 0) is 32.9 Å². The summed E-state index contributed by atoms with van der Waals surface area (Å²) in [4.78, 5) is 18.1. The number of fused-ring (bicyclic) bond motifs is 1. The molecule has 2 aromatic rings. The highest BCUT2D eigenvalue weighted by Gasteiger charge is 2.30. The highest BCUT2D eigenvalue weighted by molar-refractivity contribution is 5.69. The van der Waals surface area contributed by atoms with Crippen molar-refractivity contribution in [2.45, 2.75) is 39.5 Å². The molecule has 1 aliphatic rings. The zero-order chi connectivity index (χ0) is 15.0. The third kappa shape index (κ3) is 2.74. The van der Waals surface area contributed by atoms with Crippen molar-refractivity contribution in [2.24, 2.45) is 0 Å². The van der Waals surface area contributed by atoms with Gasteiger partial charge in [-0.25, -0.2) is 14.5 Å². The maximum atomic E-state index is 12.1. The first-order valence-corrected chi connectivity index (χ1v) is 6.89. The highest BCUT2D eigenvalue weighted by Crippen LogP contribution is 2.25. The molecule has 0 radical (unpaired) electrons. The van der Waals surface area contributed by atoms with Crippen molar-refractivity contribution >= 4 is 6.09 Å². The summed E-state index contributed by atoms with van der Waals surface area (Å²) in [5.74, 6) is 0.754. The van der Waals surface area contributed by atoms with Crippen LogP contribution in [0.2, 0.25) is 0 Å². The van der Waals surface area contributed by atoms with Crippen LogP contribution in [0.4, 0.5) is 4.79 Å². The van der Waals surface area contributed by atoms with E-state index in [-0.39, 0.29) is 6.09 Å². The molecule has 110 valence electrons. The Kier molecular flexibility index (Phi) is 3.16. The Hall–Kier alpha value is -2.37. The molecule has 0 aromatic carbocycles. The lowest BCUT2D eigenvalue weighted by Crippen LogP contribution is -2.33. The van der Waals surface area contributed by atoms with Crippen molar-refractivity contribution in [1.29, 1.82) is 0 Å². The van der Waals surface area contributed by atoms with Crippen LogP contribution in [0.25, 0.3) is 5.82 Å². The fourth-order valence-electron chi connectivity index (χ4n) is 2.28. The Labute approximate surface area is 123 Å². The summed E-state index contributed by atoms with van der Waals surface area (Å²) in [7, 11) is 0. The van der Waals surface area contributed by atoms with Gasteiger partial charge in [0, 0.05) is 11.8 Å². The lowest BCUT2D eigenvalue weighted by molar-refractivity contribution is 0.0239. The van der Waals surface area contributed by atoms with Crippen LogP contribution in [-0.2, 0) is 17.8 Å². The lowest BCUT2D eigenvalue weighted by atomic mass is 10.2. The van der Waals surface area contributed by atoms with E-state index < -0.39 is 5.60 Å². The van der Waals surface area contributed by atoms with Crippen molar-refractivity contribution in [2.75, 3.05) is 0 Å². The number of hydrogen-bond donors (Lipinski definition) is 0. The number of ether oxygens (including phenoxy) is 1. The molecule has 0 bridgehead atoms. The van der Waals surface area contributed by atoms with Crippen LogP contribution in [0.3, 0.4) is 0 Å². The Balaban J connectivity index is 1.80. The van der Waals surface area contributed by atoms with E-state index in [0.717, 1.165) is 17.1 Å². The van der Waals surface area contributed by atoms with E-state index in [1.165, 1.54) is 0 Å². The van der Waals surface area contributed by atoms with Crippen LogP contribution in [0.15, 0.2) is 30.6 Å². The minimum atomic E-state index is -0.487. The Bertz CT molecular complexity index is 658. The fraction of sp³-hybridized carbons (Fsp3) is 0.400. The van der Waals surface area contributed by atoms with Gasteiger partial charge in [0.2, 0.25) is 0 Å². The quantitative estimate of drug-likeness (QED) is 0.808. The van der Waals surface area contributed by atoms with Crippen LogP contribution in [0.1, 0.15) is 32.0 Å². The fourth-order valence-corrected chi connectivity index (χ4v) is 2.28. The standard InChI is InChI=1S/C15H18N4O2/c1-15(2,3)21-14(20)18-9-11-8-17-19(12(11)10-18)13-6-4-5-7-16-13/h4-8H,9-10H2,1-3H3. The Morgan fingerprint density at radius 3 is 2.76 bits per heavy atom. The molecular weight excluding hydrogens is 268 g/mol. The van der Waals surface area contributed by atoms with Gasteiger partial charge in [-0.15, -0.1) is 0 Å². The van der Waals surface area contributed by atoms with Crippen LogP contribution in [-0.4, -0.2) is 31.4 Å². The minimum Gasteiger partial charge on any atom is -0.444 e. The van der Waals surface area contributed by atoms with Crippen LogP contribution < -0.4 is 0 Å². The van der Waals surface area contributed by atoms with Gasteiger partial charge in [-0.2, -0.15) is 5.10 Å². The molecular formula is C15H18N4O2. The van der Waals surface area contributed by atoms with Gasteiger partial charge in [0.1, 0.15) is 5.60 Å². The van der Waals surface area contributed by atoms with Crippen LogP contribution >= 0.6 is 0 Å². The summed E-state index contributed by atoms with van der Waals surface area (Å²) in [5.41, 5.74) is 1.53. The second-order valence-electron chi connectivity index (χ2n) is 6.05. The topological polar surface area (TPSA) is 60.2 Å². The first kappa shape index (κ1) is 13.6. The molecule has 0 aliphatic carbocycles. The van der Waals surface area contributed by atoms with Crippen molar-refractivity contribution in [1.82, 2.24) is 19.7 Å². The van der Waals surface area contributed by atoms with E-state index in [1.807, 2.05) is 39.0 Å². The molecule has 6 heteroatoms. The SMILES string of the molecule is CC(C)(C)OC(=O)N1Cc2cnn(-c3ccccn3)c2C1. The summed E-state index contributed by atoms with van der Waals surface area (Å²) in [6, 6.07) is 5.67. The molecule has 0 saturated carbocycles. The smallest absolute Gasteiger partial charge is 0.410 e. The first-order valence-electron chi connectivity index (χ1n) is 6.89. The number of rotatable bonds is 1. The number of aromatic nitrogens is 3. The molecule has 0 saturated heterocycles. The highest BCUT2D eigenvalue weighted by atomic mass is 16.6. The summed E-state index contributed by atoms with van der Waals surface area (Å²) >= 11 is 0. The summed E-state index contributed by atoms with van der Waals surface area (Å²) in [6.07, 6.45) is 3.21. The molecule has 0 N–H and O–H groups in total. The summed E-state index contributed by atoms with van der Waals surface area (Å²) in [6.45, 7) is 6.61. The molecule has 0 fully saturated rings. The van der Waals surface area contributed by atoms with Gasteiger partial charge in [-0.1, -0.05) is 6.07 Å². The van der Waals surface area contributed by atoms with Crippen molar-refractivity contribution in [3.8, 4) is 5.82 Å². The number of carbonyl (C=O) groups excluding carboxylic acids is 1. The zero-order valence-corrected chi connectivity index (χ0v) is 12.4. The van der Waals surface area contributed by atoms with E-state index in [2.05, 4.69) is 10.1 Å². The van der Waals surface area contributed by atoms with E-state index >= 15 is 0 Å². The van der Waals surface area contributed by atoms with E-state index in [4.69, 9.17) is 4.74 Å². The summed E-state index contributed by atoms with van der Waals surface area (Å²) in [5, 5.41) is 4.35. The predicted octanol–water partition coefficient (Wildman–Crippen LogP) is 2.52. The monoisotopic (exact) mass is 286 g/mol. The molecule has 2 aromatic heterocycles. The molecule has 0 unspecified atom stereocenters. The molecule has 1 amide bonds. The first-order chi connectivity index (χ1) is 9.94. The zero-order valence-electron chi connectivity index (χ0n) is 12.4. The maximum absolute atomic E-state index is 12.1. The van der Waals surface area contributed by atoms with E-state index in [0.29, 0.717) is 13.1 Å². The lowest BCUT2D eigenvalue weighted by Gasteiger charge is -2.24. The number of hydrogen-bond acceptors (Lipinski definition) is 4.